The molecule has 1 saturated carbocycles. The fraction of sp³-hybridized carbons (Fsp3) is 0.316. The second-order valence-corrected chi connectivity index (χ2v) is 8.41. The van der Waals surface area contributed by atoms with Crippen molar-refractivity contribution in [3.63, 3.8) is 0 Å². The van der Waals surface area contributed by atoms with Gasteiger partial charge in [-0.15, -0.1) is 0 Å². The predicted octanol–water partition coefficient (Wildman–Crippen LogP) is 3.46. The molecular formula is C19H20FNO3S. The first kappa shape index (κ1) is 17.8. The molecule has 3 rings (SSSR count). The lowest BCUT2D eigenvalue weighted by molar-refractivity contribution is 0.0993. The van der Waals surface area contributed by atoms with Crippen LogP contribution < -0.4 is 4.72 Å². The standard InChI is InChI=1S/C19H20FNO3S/c1-13-10-15(14-6-3-2-4-7-14)11-17(19(13)20)18(22)12-21-25(23,24)16-8-5-9-16/h2-4,6-7,10-11,16,21H,5,8-9,12H2,1H3. The third-order valence-electron chi connectivity index (χ3n) is 4.59. The maximum atomic E-state index is 14.4. The number of carbonyl (C=O) groups excluding carboxylic acids is 1. The Labute approximate surface area is 147 Å². The minimum Gasteiger partial charge on any atom is -0.293 e. The molecule has 0 saturated heterocycles. The van der Waals surface area contributed by atoms with Gasteiger partial charge in [-0.25, -0.2) is 17.5 Å². The smallest absolute Gasteiger partial charge is 0.214 e. The van der Waals surface area contributed by atoms with Crippen LogP contribution in [0, 0.1) is 12.7 Å². The van der Waals surface area contributed by atoms with Gasteiger partial charge in [-0.2, -0.15) is 0 Å². The van der Waals surface area contributed by atoms with E-state index in [2.05, 4.69) is 4.72 Å². The topological polar surface area (TPSA) is 63.2 Å². The average molecular weight is 361 g/mol. The zero-order valence-electron chi connectivity index (χ0n) is 14.0. The van der Waals surface area contributed by atoms with E-state index in [4.69, 9.17) is 0 Å². The lowest BCUT2D eigenvalue weighted by Gasteiger charge is -2.25. The largest absolute Gasteiger partial charge is 0.293 e. The summed E-state index contributed by atoms with van der Waals surface area (Å²) in [5.41, 5.74) is 1.86. The number of ketones is 1. The number of nitrogens with one attached hydrogen (secondary N) is 1. The normalized spacial score (nSPS) is 15.0. The van der Waals surface area contributed by atoms with E-state index in [-0.39, 0.29) is 5.56 Å². The summed E-state index contributed by atoms with van der Waals surface area (Å²) in [5, 5.41) is -0.428. The van der Waals surface area contributed by atoms with Crippen LogP contribution in [0.15, 0.2) is 42.5 Å². The Kier molecular flexibility index (Phi) is 5.01. The molecule has 132 valence electrons. The maximum Gasteiger partial charge on any atom is 0.214 e. The molecule has 2 aromatic carbocycles. The molecule has 0 atom stereocenters. The third kappa shape index (κ3) is 3.80. The molecule has 6 heteroatoms. The van der Waals surface area contributed by atoms with E-state index in [0.29, 0.717) is 18.4 Å². The molecule has 1 aliphatic rings. The molecule has 4 nitrogen and oxygen atoms in total. The molecule has 2 aromatic rings. The lowest BCUT2D eigenvalue weighted by atomic mass is 9.98. The van der Waals surface area contributed by atoms with Crippen LogP contribution in [0.3, 0.4) is 0 Å². The van der Waals surface area contributed by atoms with Gasteiger partial charge in [0.2, 0.25) is 10.0 Å². The quantitative estimate of drug-likeness (QED) is 0.802. The molecule has 0 amide bonds. The van der Waals surface area contributed by atoms with Crippen molar-refractivity contribution in [3.05, 3.63) is 59.4 Å². The molecule has 25 heavy (non-hydrogen) atoms. The van der Waals surface area contributed by atoms with E-state index < -0.39 is 33.4 Å². The zero-order valence-corrected chi connectivity index (χ0v) is 14.8. The molecule has 0 aliphatic heterocycles. The number of sulfonamides is 1. The van der Waals surface area contributed by atoms with E-state index in [9.17, 15) is 17.6 Å². The minimum atomic E-state index is -3.51. The second kappa shape index (κ2) is 7.06. The van der Waals surface area contributed by atoms with Crippen LogP contribution in [0.1, 0.15) is 35.2 Å². The SMILES string of the molecule is Cc1cc(-c2ccccc2)cc(C(=O)CNS(=O)(=O)C2CCC2)c1F. The highest BCUT2D eigenvalue weighted by Gasteiger charge is 2.31. The number of hydrogen-bond donors (Lipinski definition) is 1. The van der Waals surface area contributed by atoms with Crippen molar-refractivity contribution in [1.29, 1.82) is 0 Å². The highest BCUT2D eigenvalue weighted by atomic mass is 32.2. The van der Waals surface area contributed by atoms with Crippen molar-refractivity contribution >= 4 is 15.8 Å². The van der Waals surface area contributed by atoms with Crippen LogP contribution in [-0.4, -0.2) is 26.0 Å². The highest BCUT2D eigenvalue weighted by molar-refractivity contribution is 7.90. The van der Waals surface area contributed by atoms with Crippen molar-refractivity contribution < 1.29 is 17.6 Å². The number of Topliss-reactive ketones (excluding diaryl/α,β-unsaturated/α-hetero) is 1. The van der Waals surface area contributed by atoms with Crippen LogP contribution in [0.4, 0.5) is 4.39 Å². The first-order valence-corrected chi connectivity index (χ1v) is 9.80. The summed E-state index contributed by atoms with van der Waals surface area (Å²) in [4.78, 5) is 12.4. The van der Waals surface area contributed by atoms with Gasteiger partial charge in [0.05, 0.1) is 17.4 Å². The number of hydrogen-bond acceptors (Lipinski definition) is 3. The van der Waals surface area contributed by atoms with E-state index in [1.165, 1.54) is 6.07 Å². The Morgan fingerprint density at radius 2 is 1.84 bits per heavy atom. The monoisotopic (exact) mass is 361 g/mol. The third-order valence-corrected chi connectivity index (χ3v) is 6.48. The summed E-state index contributed by atoms with van der Waals surface area (Å²) in [7, 11) is -3.51. The van der Waals surface area contributed by atoms with Crippen molar-refractivity contribution in [3.8, 4) is 11.1 Å². The zero-order chi connectivity index (χ0) is 18.0. The van der Waals surface area contributed by atoms with Gasteiger partial charge in [-0.3, -0.25) is 4.79 Å². The van der Waals surface area contributed by atoms with Gasteiger partial charge in [-0.1, -0.05) is 36.8 Å². The maximum absolute atomic E-state index is 14.4. The van der Waals surface area contributed by atoms with Crippen LogP contribution in [0.25, 0.3) is 11.1 Å². The van der Waals surface area contributed by atoms with E-state index in [1.807, 2.05) is 30.3 Å². The molecule has 1 aliphatic carbocycles. The minimum absolute atomic E-state index is 0.0878. The number of rotatable bonds is 6. The van der Waals surface area contributed by atoms with Gasteiger partial charge < -0.3 is 0 Å². The van der Waals surface area contributed by atoms with Crippen LogP contribution in [-0.2, 0) is 10.0 Å². The first-order chi connectivity index (χ1) is 11.9. The van der Waals surface area contributed by atoms with Gasteiger partial charge in [0, 0.05) is 0 Å². The first-order valence-electron chi connectivity index (χ1n) is 8.26. The van der Waals surface area contributed by atoms with Crippen molar-refractivity contribution in [2.24, 2.45) is 0 Å². The molecule has 0 bridgehead atoms. The fourth-order valence-corrected chi connectivity index (χ4v) is 4.35. The highest BCUT2D eigenvalue weighted by Crippen LogP contribution is 2.26. The van der Waals surface area contributed by atoms with Gasteiger partial charge in [-0.05, 0) is 48.6 Å². The van der Waals surface area contributed by atoms with Crippen LogP contribution in [0.5, 0.6) is 0 Å². The average Bonchev–Trinajstić information content (AvgIpc) is 2.54. The molecule has 0 aromatic heterocycles. The van der Waals surface area contributed by atoms with Gasteiger partial charge >= 0.3 is 0 Å². The fourth-order valence-electron chi connectivity index (χ4n) is 2.83. The summed E-state index contributed by atoms with van der Waals surface area (Å²) in [5.74, 6) is -1.17. The number of aryl methyl sites for hydroxylation is 1. The van der Waals surface area contributed by atoms with Gasteiger partial charge in [0.1, 0.15) is 5.82 Å². The second-order valence-electron chi connectivity index (χ2n) is 6.36. The van der Waals surface area contributed by atoms with Gasteiger partial charge in [0.15, 0.2) is 5.78 Å². The van der Waals surface area contributed by atoms with E-state index >= 15 is 0 Å². The Morgan fingerprint density at radius 1 is 1.16 bits per heavy atom. The molecule has 0 radical (unpaired) electrons. The van der Waals surface area contributed by atoms with Crippen molar-refractivity contribution in [2.45, 2.75) is 31.4 Å². The predicted molar refractivity (Wildman–Crippen MR) is 95.5 cm³/mol. The molecule has 0 unspecified atom stereocenters. The summed E-state index contributed by atoms with van der Waals surface area (Å²) in [6.45, 7) is 1.17. The Bertz CT molecular complexity index is 890. The van der Waals surface area contributed by atoms with Crippen molar-refractivity contribution in [1.82, 2.24) is 4.72 Å². The summed E-state index contributed by atoms with van der Waals surface area (Å²) < 4.78 is 40.8. The lowest BCUT2D eigenvalue weighted by Crippen LogP contribution is -2.40. The van der Waals surface area contributed by atoms with Gasteiger partial charge in [0.25, 0.3) is 0 Å². The molecule has 1 N–H and O–H groups in total. The number of halogens is 1. The summed E-state index contributed by atoms with van der Waals surface area (Å²) >= 11 is 0. The number of benzene rings is 2. The Morgan fingerprint density at radius 3 is 2.44 bits per heavy atom. The molecule has 1 fully saturated rings. The molecule has 0 heterocycles. The summed E-state index contributed by atoms with van der Waals surface area (Å²) in [6.07, 6.45) is 2.10. The number of carbonyl (C=O) groups is 1. The summed E-state index contributed by atoms with van der Waals surface area (Å²) in [6, 6.07) is 12.5. The Hall–Kier alpha value is -2.05. The molecular weight excluding hydrogens is 341 g/mol. The van der Waals surface area contributed by atoms with Crippen LogP contribution >= 0.6 is 0 Å². The Balaban J connectivity index is 1.83. The van der Waals surface area contributed by atoms with Crippen molar-refractivity contribution in [2.75, 3.05) is 6.54 Å². The molecule has 0 spiro atoms. The van der Waals surface area contributed by atoms with E-state index in [1.54, 1.807) is 13.0 Å². The van der Waals surface area contributed by atoms with Crippen LogP contribution in [0.2, 0.25) is 0 Å². The van der Waals surface area contributed by atoms with E-state index in [0.717, 1.165) is 17.5 Å².